The van der Waals surface area contributed by atoms with Crippen molar-refractivity contribution in [2.45, 2.75) is 38.6 Å². The van der Waals surface area contributed by atoms with E-state index in [2.05, 4.69) is 22.4 Å². The van der Waals surface area contributed by atoms with E-state index in [-0.39, 0.29) is 11.9 Å². The number of anilines is 1. The fourth-order valence-electron chi connectivity index (χ4n) is 2.30. The van der Waals surface area contributed by atoms with E-state index in [0.717, 1.165) is 12.8 Å². The summed E-state index contributed by atoms with van der Waals surface area (Å²) < 4.78 is 0. The van der Waals surface area contributed by atoms with Crippen LogP contribution in [0, 0.1) is 5.92 Å². The first-order chi connectivity index (χ1) is 7.66. The lowest BCUT2D eigenvalue weighted by Gasteiger charge is -2.27. The van der Waals surface area contributed by atoms with Gasteiger partial charge < -0.3 is 11.1 Å². The van der Waals surface area contributed by atoms with Gasteiger partial charge in [0.05, 0.1) is 11.9 Å². The smallest absolute Gasteiger partial charge is 0.271 e. The number of rotatable bonds is 2. The molecule has 1 aromatic heterocycles. The number of amides is 1. The van der Waals surface area contributed by atoms with Crippen LogP contribution < -0.4 is 11.1 Å². The number of nitrogens with two attached hydrogens (primary N) is 1. The van der Waals surface area contributed by atoms with E-state index in [1.54, 1.807) is 0 Å². The number of H-pyrrole nitrogens is 1. The molecule has 1 fully saturated rings. The van der Waals surface area contributed by atoms with Crippen molar-refractivity contribution < 1.29 is 4.79 Å². The third-order valence-corrected chi connectivity index (χ3v) is 3.17. The SMILES string of the molecule is CC1CCCC(NC(=O)c2[nH]ncc2N)C1. The Morgan fingerprint density at radius 3 is 3.06 bits per heavy atom. The summed E-state index contributed by atoms with van der Waals surface area (Å²) in [5.74, 6) is 0.548. The number of aromatic nitrogens is 2. The van der Waals surface area contributed by atoms with Gasteiger partial charge in [-0.05, 0) is 18.8 Å². The Bertz CT molecular complexity index is 374. The highest BCUT2D eigenvalue weighted by Gasteiger charge is 2.22. The van der Waals surface area contributed by atoms with E-state index in [9.17, 15) is 4.79 Å². The molecule has 2 rings (SSSR count). The number of nitrogens with one attached hydrogen (secondary N) is 2. The number of hydrogen-bond donors (Lipinski definition) is 3. The third kappa shape index (κ3) is 2.35. The first-order valence-electron chi connectivity index (χ1n) is 5.76. The van der Waals surface area contributed by atoms with Gasteiger partial charge in [-0.15, -0.1) is 0 Å². The molecule has 4 N–H and O–H groups in total. The number of nitrogen functional groups attached to an aromatic ring is 1. The predicted molar refractivity (Wildman–Crippen MR) is 61.9 cm³/mol. The van der Waals surface area contributed by atoms with Crippen molar-refractivity contribution in [3.05, 3.63) is 11.9 Å². The van der Waals surface area contributed by atoms with Crippen LogP contribution in [-0.4, -0.2) is 22.1 Å². The number of nitrogens with zero attached hydrogens (tertiary/aromatic N) is 1. The van der Waals surface area contributed by atoms with Gasteiger partial charge in [0.2, 0.25) is 0 Å². The van der Waals surface area contributed by atoms with Crippen LogP contribution in [0.3, 0.4) is 0 Å². The first kappa shape index (κ1) is 11.0. The molecule has 1 amide bonds. The van der Waals surface area contributed by atoms with Gasteiger partial charge in [0.15, 0.2) is 0 Å². The van der Waals surface area contributed by atoms with Crippen molar-refractivity contribution in [2.75, 3.05) is 5.73 Å². The summed E-state index contributed by atoms with van der Waals surface area (Å²) in [6, 6.07) is 0.277. The number of carbonyl (C=O) groups excluding carboxylic acids is 1. The lowest BCUT2D eigenvalue weighted by Crippen LogP contribution is -2.38. The molecule has 1 aliphatic rings. The van der Waals surface area contributed by atoms with Crippen LogP contribution in [0.4, 0.5) is 5.69 Å². The van der Waals surface area contributed by atoms with E-state index >= 15 is 0 Å². The van der Waals surface area contributed by atoms with Gasteiger partial charge in [0.1, 0.15) is 5.69 Å². The van der Waals surface area contributed by atoms with Crippen molar-refractivity contribution in [1.29, 1.82) is 0 Å². The molecule has 5 heteroatoms. The fraction of sp³-hybridized carbons (Fsp3) is 0.636. The quantitative estimate of drug-likeness (QED) is 0.705. The normalized spacial score (nSPS) is 25.3. The summed E-state index contributed by atoms with van der Waals surface area (Å²) in [5, 5.41) is 9.36. The van der Waals surface area contributed by atoms with Crippen LogP contribution in [0.25, 0.3) is 0 Å². The van der Waals surface area contributed by atoms with Crippen molar-refractivity contribution >= 4 is 11.6 Å². The summed E-state index contributed by atoms with van der Waals surface area (Å²) in [5.41, 5.74) is 6.40. The average Bonchev–Trinajstić information content (AvgIpc) is 2.64. The number of hydrogen-bond acceptors (Lipinski definition) is 3. The van der Waals surface area contributed by atoms with E-state index in [1.165, 1.54) is 19.0 Å². The Morgan fingerprint density at radius 2 is 2.44 bits per heavy atom. The Balaban J connectivity index is 1.95. The summed E-state index contributed by atoms with van der Waals surface area (Å²) >= 11 is 0. The standard InChI is InChI=1S/C11H18N4O/c1-7-3-2-4-8(5-7)14-11(16)10-9(12)6-13-15-10/h6-8H,2-5,12H2,1H3,(H,13,15)(H,14,16). The molecule has 0 spiro atoms. The first-order valence-corrected chi connectivity index (χ1v) is 5.76. The second-order valence-corrected chi connectivity index (χ2v) is 4.64. The van der Waals surface area contributed by atoms with Crippen LogP contribution in [0.1, 0.15) is 43.1 Å². The van der Waals surface area contributed by atoms with Gasteiger partial charge in [0.25, 0.3) is 5.91 Å². The van der Waals surface area contributed by atoms with Gasteiger partial charge >= 0.3 is 0 Å². The molecule has 5 nitrogen and oxygen atoms in total. The maximum absolute atomic E-state index is 11.8. The van der Waals surface area contributed by atoms with Crippen molar-refractivity contribution in [2.24, 2.45) is 5.92 Å². The highest BCUT2D eigenvalue weighted by molar-refractivity contribution is 5.97. The zero-order valence-electron chi connectivity index (χ0n) is 9.49. The van der Waals surface area contributed by atoms with Crippen molar-refractivity contribution in [1.82, 2.24) is 15.5 Å². The average molecular weight is 222 g/mol. The summed E-state index contributed by atoms with van der Waals surface area (Å²) in [7, 11) is 0. The highest BCUT2D eigenvalue weighted by Crippen LogP contribution is 2.23. The van der Waals surface area contributed by atoms with Crippen molar-refractivity contribution in [3.63, 3.8) is 0 Å². The summed E-state index contributed by atoms with van der Waals surface area (Å²) in [4.78, 5) is 11.8. The molecule has 16 heavy (non-hydrogen) atoms. The van der Waals surface area contributed by atoms with Crippen molar-refractivity contribution in [3.8, 4) is 0 Å². The fourth-order valence-corrected chi connectivity index (χ4v) is 2.30. The van der Waals surface area contributed by atoms with Crippen LogP contribution in [0.5, 0.6) is 0 Å². The second kappa shape index (κ2) is 4.55. The molecule has 1 saturated carbocycles. The van der Waals surface area contributed by atoms with Gasteiger partial charge in [-0.3, -0.25) is 9.89 Å². The van der Waals surface area contributed by atoms with Crippen LogP contribution in [-0.2, 0) is 0 Å². The molecule has 2 atom stereocenters. The molecule has 0 saturated heterocycles. The monoisotopic (exact) mass is 222 g/mol. The Labute approximate surface area is 94.8 Å². The largest absolute Gasteiger partial charge is 0.396 e. The van der Waals surface area contributed by atoms with Gasteiger partial charge in [-0.2, -0.15) is 5.10 Å². The molecule has 1 aliphatic carbocycles. The van der Waals surface area contributed by atoms with Crippen LogP contribution >= 0.6 is 0 Å². The Hall–Kier alpha value is -1.52. The maximum Gasteiger partial charge on any atom is 0.271 e. The second-order valence-electron chi connectivity index (χ2n) is 4.64. The van der Waals surface area contributed by atoms with Gasteiger partial charge in [-0.1, -0.05) is 19.8 Å². The molecule has 0 aromatic carbocycles. The predicted octanol–water partition coefficient (Wildman–Crippen LogP) is 1.30. The number of carbonyl (C=O) groups is 1. The van der Waals surface area contributed by atoms with E-state index < -0.39 is 0 Å². The Kier molecular flexibility index (Phi) is 3.12. The van der Waals surface area contributed by atoms with Crippen LogP contribution in [0.2, 0.25) is 0 Å². The highest BCUT2D eigenvalue weighted by atomic mass is 16.2. The minimum absolute atomic E-state index is 0.144. The molecule has 1 aromatic rings. The molecule has 0 radical (unpaired) electrons. The maximum atomic E-state index is 11.8. The van der Waals surface area contributed by atoms with E-state index in [4.69, 9.17) is 5.73 Å². The topological polar surface area (TPSA) is 83.8 Å². The molecule has 0 aliphatic heterocycles. The number of aromatic amines is 1. The summed E-state index contributed by atoms with van der Waals surface area (Å²) in [6.07, 6.45) is 6.02. The molecule has 1 heterocycles. The van der Waals surface area contributed by atoms with Crippen LogP contribution in [0.15, 0.2) is 6.20 Å². The zero-order chi connectivity index (χ0) is 11.5. The minimum Gasteiger partial charge on any atom is -0.396 e. The summed E-state index contributed by atoms with van der Waals surface area (Å²) in [6.45, 7) is 2.23. The van der Waals surface area contributed by atoms with Gasteiger partial charge in [-0.25, -0.2) is 0 Å². The molecule has 2 unspecified atom stereocenters. The minimum atomic E-state index is -0.144. The van der Waals surface area contributed by atoms with E-state index in [0.29, 0.717) is 17.3 Å². The molecular weight excluding hydrogens is 204 g/mol. The lowest BCUT2D eigenvalue weighted by atomic mass is 9.87. The lowest BCUT2D eigenvalue weighted by molar-refractivity contribution is 0.0917. The van der Waals surface area contributed by atoms with E-state index in [1.807, 2.05) is 0 Å². The molecular formula is C11H18N4O. The molecule has 88 valence electrons. The zero-order valence-corrected chi connectivity index (χ0v) is 9.49. The van der Waals surface area contributed by atoms with Gasteiger partial charge in [0, 0.05) is 6.04 Å². The Morgan fingerprint density at radius 1 is 1.62 bits per heavy atom. The third-order valence-electron chi connectivity index (χ3n) is 3.17. The molecule has 0 bridgehead atoms.